The quantitative estimate of drug-likeness (QED) is 0.600. The molecule has 0 spiro atoms. The molecule has 0 atom stereocenters. The summed E-state index contributed by atoms with van der Waals surface area (Å²) in [6.45, 7) is 0. The molecule has 2 heterocycles. The highest BCUT2D eigenvalue weighted by Gasteiger charge is 2.15. The molecule has 1 amide bonds. The van der Waals surface area contributed by atoms with Crippen molar-refractivity contribution in [2.75, 3.05) is 12.4 Å². The lowest BCUT2D eigenvalue weighted by molar-refractivity contribution is 0.102. The average Bonchev–Trinajstić information content (AvgIpc) is 2.93. The number of carbonyl (C=O) groups is 1. The van der Waals surface area contributed by atoms with Gasteiger partial charge in [-0.1, -0.05) is 17.7 Å². The van der Waals surface area contributed by atoms with Crippen LogP contribution in [0, 0.1) is 0 Å². The fourth-order valence-corrected chi connectivity index (χ4v) is 2.99. The molecule has 0 saturated heterocycles. The molecule has 26 heavy (non-hydrogen) atoms. The normalized spacial score (nSPS) is 11.0. The molecule has 0 fully saturated rings. The maximum Gasteiger partial charge on any atom is 0.258 e. The smallest absolute Gasteiger partial charge is 0.258 e. The Labute approximate surface area is 153 Å². The summed E-state index contributed by atoms with van der Waals surface area (Å²) in [5.74, 6) is 0.381. The number of benzene rings is 2. The number of methoxy groups -OCH3 is 1. The van der Waals surface area contributed by atoms with Crippen molar-refractivity contribution in [3.8, 4) is 5.75 Å². The number of hydrogen-bond acceptors (Lipinski definition) is 5. The summed E-state index contributed by atoms with van der Waals surface area (Å²) in [6.07, 6.45) is 0. The lowest BCUT2D eigenvalue weighted by Crippen LogP contribution is -2.15. The number of halogens is 1. The van der Waals surface area contributed by atoms with Crippen LogP contribution in [0.1, 0.15) is 10.4 Å². The first-order valence-corrected chi connectivity index (χ1v) is 8.18. The number of nitrogens with zero attached hydrogens (tertiary/aromatic N) is 4. The fourth-order valence-electron chi connectivity index (χ4n) is 2.82. The van der Waals surface area contributed by atoms with Gasteiger partial charge in [-0.25, -0.2) is 0 Å². The number of rotatable bonds is 3. The molecule has 2 aromatic heterocycles. The van der Waals surface area contributed by atoms with Crippen LogP contribution in [-0.2, 0) is 7.05 Å². The molecule has 0 aliphatic rings. The van der Waals surface area contributed by atoms with E-state index in [-0.39, 0.29) is 11.9 Å². The van der Waals surface area contributed by atoms with E-state index in [1.165, 1.54) is 0 Å². The van der Waals surface area contributed by atoms with Crippen molar-refractivity contribution in [3.05, 3.63) is 53.1 Å². The van der Waals surface area contributed by atoms with Crippen LogP contribution in [0.15, 0.2) is 42.5 Å². The van der Waals surface area contributed by atoms with Gasteiger partial charge in [0, 0.05) is 23.0 Å². The van der Waals surface area contributed by atoms with Crippen molar-refractivity contribution in [2.45, 2.75) is 0 Å². The van der Waals surface area contributed by atoms with Crippen LogP contribution in [0.5, 0.6) is 5.75 Å². The lowest BCUT2D eigenvalue weighted by atomic mass is 10.2. The minimum atomic E-state index is -0.341. The molecule has 0 radical (unpaired) electrons. The van der Waals surface area contributed by atoms with Crippen LogP contribution in [0.2, 0.25) is 5.02 Å². The number of amides is 1. The molecule has 1 N–H and O–H groups in total. The van der Waals surface area contributed by atoms with Crippen LogP contribution in [-0.4, -0.2) is 32.8 Å². The lowest BCUT2D eigenvalue weighted by Gasteiger charge is -2.05. The van der Waals surface area contributed by atoms with Gasteiger partial charge in [-0.2, -0.15) is 4.98 Å². The van der Waals surface area contributed by atoms with Crippen molar-refractivity contribution in [1.29, 1.82) is 0 Å². The predicted molar refractivity (Wildman–Crippen MR) is 99.8 cm³/mol. The third-order valence-corrected chi connectivity index (χ3v) is 4.35. The minimum absolute atomic E-state index is 0.127. The second kappa shape index (κ2) is 6.27. The number of hydrogen-bond donors (Lipinski definition) is 1. The Bertz CT molecular complexity index is 1160. The first-order valence-electron chi connectivity index (χ1n) is 7.80. The summed E-state index contributed by atoms with van der Waals surface area (Å²) < 4.78 is 7.02. The van der Waals surface area contributed by atoms with Gasteiger partial charge in [0.05, 0.1) is 12.6 Å². The van der Waals surface area contributed by atoms with Crippen molar-refractivity contribution in [1.82, 2.24) is 19.7 Å². The van der Waals surface area contributed by atoms with Gasteiger partial charge in [0.2, 0.25) is 0 Å². The van der Waals surface area contributed by atoms with E-state index >= 15 is 0 Å². The Hall–Kier alpha value is -3.19. The number of fused-ring (bicyclic) bond motifs is 3. The summed E-state index contributed by atoms with van der Waals surface area (Å²) >= 11 is 6.08. The zero-order chi connectivity index (χ0) is 18.3. The summed E-state index contributed by atoms with van der Waals surface area (Å²) in [7, 11) is 3.42. The molecule has 130 valence electrons. The standard InChI is InChI=1S/C18H14ClN5O2/c1-24-14-7-6-11(19)9-13(14)15-16(24)20-18(23-22-15)21-17(25)10-4-3-5-12(8-10)26-2/h3-9H,1-2H3,(H,20,21,23,25). The Kier molecular flexibility index (Phi) is 3.93. The summed E-state index contributed by atoms with van der Waals surface area (Å²) in [4.78, 5) is 16.9. The highest BCUT2D eigenvalue weighted by atomic mass is 35.5. The molecular formula is C18H14ClN5O2. The van der Waals surface area contributed by atoms with Gasteiger partial charge in [0.15, 0.2) is 5.65 Å². The Balaban J connectivity index is 1.72. The molecule has 0 aliphatic carbocycles. The predicted octanol–water partition coefficient (Wildman–Crippen LogP) is 3.43. The molecule has 4 aromatic rings. The third-order valence-electron chi connectivity index (χ3n) is 4.12. The fraction of sp³-hybridized carbons (Fsp3) is 0.111. The summed E-state index contributed by atoms with van der Waals surface area (Å²) in [5, 5.41) is 12.4. The molecule has 0 saturated carbocycles. The van der Waals surface area contributed by atoms with Gasteiger partial charge in [0.25, 0.3) is 11.9 Å². The van der Waals surface area contributed by atoms with E-state index in [0.717, 1.165) is 10.9 Å². The molecule has 2 aromatic carbocycles. The number of aromatic nitrogens is 4. The molecule has 0 bridgehead atoms. The molecular weight excluding hydrogens is 354 g/mol. The first kappa shape index (κ1) is 16.3. The van der Waals surface area contributed by atoms with Crippen molar-refractivity contribution in [3.63, 3.8) is 0 Å². The minimum Gasteiger partial charge on any atom is -0.497 e. The topological polar surface area (TPSA) is 81.9 Å². The van der Waals surface area contributed by atoms with Crippen LogP contribution in [0.4, 0.5) is 5.95 Å². The van der Waals surface area contributed by atoms with Crippen molar-refractivity contribution in [2.24, 2.45) is 7.05 Å². The first-order chi connectivity index (χ1) is 12.6. The molecule has 8 heteroatoms. The third kappa shape index (κ3) is 2.72. The Morgan fingerprint density at radius 2 is 2.04 bits per heavy atom. The second-order valence-electron chi connectivity index (χ2n) is 5.71. The van der Waals surface area contributed by atoms with E-state index in [1.54, 1.807) is 31.4 Å². The number of carbonyl (C=O) groups excluding carboxylic acids is 1. The summed E-state index contributed by atoms with van der Waals surface area (Å²) in [6, 6.07) is 12.4. The van der Waals surface area contributed by atoms with Crippen LogP contribution in [0.25, 0.3) is 22.1 Å². The SMILES string of the molecule is COc1cccc(C(=O)Nc2nnc3c4cc(Cl)ccc4n(C)c3n2)c1. The number of ether oxygens (including phenoxy) is 1. The number of nitrogens with one attached hydrogen (secondary N) is 1. The zero-order valence-corrected chi connectivity index (χ0v) is 14.8. The maximum atomic E-state index is 12.4. The molecule has 4 rings (SSSR count). The van der Waals surface area contributed by atoms with Gasteiger partial charge in [-0.05, 0) is 36.4 Å². The van der Waals surface area contributed by atoms with E-state index in [0.29, 0.717) is 27.5 Å². The Morgan fingerprint density at radius 1 is 1.19 bits per heavy atom. The second-order valence-corrected chi connectivity index (χ2v) is 6.15. The van der Waals surface area contributed by atoms with Crippen LogP contribution < -0.4 is 10.1 Å². The zero-order valence-electron chi connectivity index (χ0n) is 14.0. The van der Waals surface area contributed by atoms with E-state index in [2.05, 4.69) is 20.5 Å². The number of aryl methyl sites for hydroxylation is 1. The van der Waals surface area contributed by atoms with E-state index in [1.807, 2.05) is 29.8 Å². The van der Waals surface area contributed by atoms with Crippen LogP contribution >= 0.6 is 11.6 Å². The maximum absolute atomic E-state index is 12.4. The van der Waals surface area contributed by atoms with Crippen molar-refractivity contribution < 1.29 is 9.53 Å². The van der Waals surface area contributed by atoms with Crippen molar-refractivity contribution >= 4 is 45.5 Å². The van der Waals surface area contributed by atoms with Gasteiger partial charge < -0.3 is 9.30 Å². The van der Waals surface area contributed by atoms with E-state index in [4.69, 9.17) is 16.3 Å². The van der Waals surface area contributed by atoms with Gasteiger partial charge in [0.1, 0.15) is 11.3 Å². The summed E-state index contributed by atoms with van der Waals surface area (Å²) in [5.41, 5.74) is 2.61. The largest absolute Gasteiger partial charge is 0.497 e. The molecule has 7 nitrogen and oxygen atoms in total. The van der Waals surface area contributed by atoms with E-state index in [9.17, 15) is 4.79 Å². The van der Waals surface area contributed by atoms with Gasteiger partial charge in [-0.15, -0.1) is 10.2 Å². The Morgan fingerprint density at radius 3 is 2.85 bits per heavy atom. The molecule has 0 aliphatic heterocycles. The molecule has 0 unspecified atom stereocenters. The highest BCUT2D eigenvalue weighted by molar-refractivity contribution is 6.31. The monoisotopic (exact) mass is 367 g/mol. The average molecular weight is 368 g/mol. The van der Waals surface area contributed by atoms with Crippen LogP contribution in [0.3, 0.4) is 0 Å². The highest BCUT2D eigenvalue weighted by Crippen LogP contribution is 2.27. The van der Waals surface area contributed by atoms with E-state index < -0.39 is 0 Å². The van der Waals surface area contributed by atoms with Gasteiger partial charge >= 0.3 is 0 Å². The number of anilines is 1. The van der Waals surface area contributed by atoms with Gasteiger partial charge in [-0.3, -0.25) is 10.1 Å².